The molecule has 0 aliphatic carbocycles. The number of likely N-dealkylation sites (tertiary alicyclic amines) is 2. The first kappa shape index (κ1) is 56.5. The van der Waals surface area contributed by atoms with E-state index in [1.165, 1.54) is 57.8 Å². The number of piperidine rings is 2. The Bertz CT molecular complexity index is 2460. The molecule has 4 aliphatic heterocycles. The number of likely N-dealkylation sites (N-methyl/N-ethyl adjacent to an activating group) is 1. The Morgan fingerprint density at radius 2 is 1.42 bits per heavy atom. The van der Waals surface area contributed by atoms with Crippen LogP contribution >= 0.6 is 7.82 Å². The number of ether oxygens (including phenoxy) is 3. The number of cyclic esters (lactones) is 1. The molecule has 1 N–H and O–H groups in total. The van der Waals surface area contributed by atoms with Gasteiger partial charge in [-0.2, -0.15) is 0 Å². The van der Waals surface area contributed by atoms with Gasteiger partial charge in [0.1, 0.15) is 25.5 Å². The van der Waals surface area contributed by atoms with Gasteiger partial charge in [-0.05, 0) is 94.3 Å². The lowest BCUT2D eigenvalue weighted by atomic mass is 9.85. The molecule has 0 radical (unpaired) electrons. The molecular weight excluding hydrogens is 950 g/mol. The zero-order valence-corrected chi connectivity index (χ0v) is 45.6. The van der Waals surface area contributed by atoms with Gasteiger partial charge in [0.05, 0.1) is 56.8 Å². The van der Waals surface area contributed by atoms with Gasteiger partial charge in [-0.3, -0.25) is 18.6 Å². The molecule has 2 saturated heterocycles. The van der Waals surface area contributed by atoms with Crippen molar-refractivity contribution in [1.82, 2.24) is 19.4 Å². The number of pyridine rings is 2. The molecule has 1 unspecified atom stereocenters. The van der Waals surface area contributed by atoms with Gasteiger partial charge in [0.15, 0.2) is 0 Å². The Balaban J connectivity index is 0.828. The Morgan fingerprint density at radius 3 is 2.04 bits per heavy atom. The van der Waals surface area contributed by atoms with Crippen LogP contribution < -0.4 is 10.3 Å². The highest BCUT2D eigenvalue weighted by atomic mass is 31.2. The number of benzene rings is 1. The number of carbonyl (C=O) groups is 3. The van der Waals surface area contributed by atoms with E-state index in [9.17, 15) is 28.6 Å². The first-order chi connectivity index (χ1) is 35.1. The predicted molar refractivity (Wildman–Crippen MR) is 282 cm³/mol. The van der Waals surface area contributed by atoms with Crippen LogP contribution in [-0.4, -0.2) is 120 Å². The number of rotatable bonds is 28. The minimum absolute atomic E-state index is 0.117. The van der Waals surface area contributed by atoms with Crippen LogP contribution in [0.5, 0.6) is 5.75 Å². The highest BCUT2D eigenvalue weighted by Crippen LogP contribution is 2.44. The van der Waals surface area contributed by atoms with Crippen LogP contribution in [0, 0.1) is 0 Å². The first-order valence-electron chi connectivity index (χ1n) is 27.9. The van der Waals surface area contributed by atoms with Crippen LogP contribution in [0.3, 0.4) is 0 Å². The van der Waals surface area contributed by atoms with Crippen LogP contribution in [-0.2, 0) is 57.8 Å². The molecule has 2 atom stereocenters. The van der Waals surface area contributed by atoms with E-state index in [2.05, 4.69) is 11.8 Å². The van der Waals surface area contributed by atoms with Crippen molar-refractivity contribution < 1.29 is 51.6 Å². The van der Waals surface area contributed by atoms with Gasteiger partial charge in [-0.25, -0.2) is 19.1 Å². The van der Waals surface area contributed by atoms with E-state index in [1.54, 1.807) is 17.6 Å². The first-order valence-corrected chi connectivity index (χ1v) is 29.4. The van der Waals surface area contributed by atoms with E-state index in [0.717, 1.165) is 93.8 Å². The van der Waals surface area contributed by atoms with Crippen molar-refractivity contribution in [2.24, 2.45) is 0 Å². The van der Waals surface area contributed by atoms with Gasteiger partial charge in [0.25, 0.3) is 5.56 Å². The van der Waals surface area contributed by atoms with E-state index >= 15 is 0 Å². The fourth-order valence-electron chi connectivity index (χ4n) is 11.2. The largest absolute Gasteiger partial charge is 0.472 e. The number of nitrogens with zero attached hydrogens (tertiary/aromatic N) is 5. The van der Waals surface area contributed by atoms with Gasteiger partial charge in [-0.15, -0.1) is 0 Å². The summed E-state index contributed by atoms with van der Waals surface area (Å²) < 4.78 is 42.2. The number of aryl methyl sites for hydroxylation is 1. The fourth-order valence-corrected chi connectivity index (χ4v) is 11.9. The molecule has 6 heterocycles. The Hall–Kier alpha value is -4.18. The molecule has 73 heavy (non-hydrogen) atoms. The minimum atomic E-state index is -3.97. The average molecular weight is 1040 g/mol. The van der Waals surface area contributed by atoms with Crippen LogP contribution in [0.15, 0.2) is 29.1 Å². The topological polar surface area (TPSA) is 176 Å². The van der Waals surface area contributed by atoms with Gasteiger partial charge in [0.2, 0.25) is 5.60 Å². The van der Waals surface area contributed by atoms with Gasteiger partial charge >= 0.3 is 25.9 Å². The third kappa shape index (κ3) is 15.0. The van der Waals surface area contributed by atoms with Crippen molar-refractivity contribution in [3.63, 3.8) is 0 Å². The molecule has 17 heteroatoms. The van der Waals surface area contributed by atoms with Crippen molar-refractivity contribution in [2.45, 2.75) is 186 Å². The van der Waals surface area contributed by atoms with E-state index in [1.807, 2.05) is 44.2 Å². The molecule has 1 aromatic carbocycles. The Morgan fingerprint density at radius 1 is 0.808 bits per heavy atom. The number of esters is 2. The zero-order chi connectivity index (χ0) is 52.0. The van der Waals surface area contributed by atoms with E-state index in [-0.39, 0.29) is 44.3 Å². The van der Waals surface area contributed by atoms with E-state index in [0.29, 0.717) is 83.3 Å². The average Bonchev–Trinajstić information content (AvgIpc) is 3.74. The number of aromatic nitrogens is 2. The minimum Gasteiger partial charge on any atom is -0.457 e. The van der Waals surface area contributed by atoms with E-state index in [4.69, 9.17) is 28.2 Å². The predicted octanol–water partition coefficient (Wildman–Crippen LogP) is 10.7. The van der Waals surface area contributed by atoms with Crippen molar-refractivity contribution >= 4 is 36.8 Å². The zero-order valence-electron chi connectivity index (χ0n) is 44.7. The number of fused-ring (bicyclic) bond motifs is 5. The van der Waals surface area contributed by atoms with Crippen LogP contribution in [0.1, 0.15) is 177 Å². The summed E-state index contributed by atoms with van der Waals surface area (Å²) in [5.74, 6) is -0.694. The molecule has 7 rings (SSSR count). The van der Waals surface area contributed by atoms with Crippen molar-refractivity contribution in [1.29, 1.82) is 0 Å². The molecule has 16 nitrogen and oxygen atoms in total. The molecule has 2 aromatic heterocycles. The SMILES string of the molecule is CCc1c2c(nc3ccc(OC(=O)N4CCC(N5CCCCC5)CC4)cc13)-c1cc3c(c(=O)n1C2)COC(=O)[C@@]3(CC)OC(=O)CCCCCCCCCCCCCCCCCOP(=O)(O)OCC[N+](C)(C)C. The summed E-state index contributed by atoms with van der Waals surface area (Å²) in [4.78, 5) is 74.2. The van der Waals surface area contributed by atoms with Crippen LogP contribution in [0.25, 0.3) is 22.3 Å². The third-order valence-corrected chi connectivity index (χ3v) is 16.5. The van der Waals surface area contributed by atoms with Crippen molar-refractivity contribution in [2.75, 3.05) is 67.1 Å². The molecule has 4 aliphatic rings. The molecular formula is C56H85N5O11P+. The highest BCUT2D eigenvalue weighted by Gasteiger charge is 2.50. The summed E-state index contributed by atoms with van der Waals surface area (Å²) >= 11 is 0. The second-order valence-electron chi connectivity index (χ2n) is 21.9. The lowest BCUT2D eigenvalue weighted by molar-refractivity contribution is -0.870. The number of phosphoric ester groups is 1. The normalized spacial score (nSPS) is 19.0. The van der Waals surface area contributed by atoms with Gasteiger partial charge in [-0.1, -0.05) is 104 Å². The number of quaternary nitrogens is 1. The third-order valence-electron chi connectivity index (χ3n) is 15.5. The van der Waals surface area contributed by atoms with E-state index < -0.39 is 25.4 Å². The number of hydrogen-bond acceptors (Lipinski definition) is 12. The standard InChI is InChI=1S/C56H84N5O11P/c1-6-44-45-38-43(71-55(65)59-33-29-42(30-34-59)58-31-23-21-24-32-58)27-28-49(45)57-52-46(44)40-60-50(52)39-48-47(53(60)63)41-68-54(64)56(48,7-2)72-51(62)26-22-19-17-15-13-11-9-8-10-12-14-16-18-20-25-36-69-73(66,67)70-37-35-61(3,4)5/h27-28,38-39,42H,6-26,29-37,40-41H2,1-5H3/p+1/t56-/m0/s1. The number of amides is 1. The van der Waals surface area contributed by atoms with Gasteiger partial charge < -0.3 is 38.0 Å². The fraction of sp³-hybridized carbons (Fsp3) is 0.696. The molecule has 1 amide bonds. The molecule has 3 aromatic rings. The number of hydrogen-bond donors (Lipinski definition) is 1. The summed E-state index contributed by atoms with van der Waals surface area (Å²) in [7, 11) is 2.03. The van der Waals surface area contributed by atoms with Gasteiger partial charge in [0, 0.05) is 42.1 Å². The number of carbonyl (C=O) groups excluding carboxylic acids is 3. The maximum atomic E-state index is 14.3. The van der Waals surface area contributed by atoms with Crippen LogP contribution in [0.2, 0.25) is 0 Å². The Labute approximate surface area is 433 Å². The monoisotopic (exact) mass is 1030 g/mol. The quantitative estimate of drug-likeness (QED) is 0.0246. The maximum Gasteiger partial charge on any atom is 0.472 e. The summed E-state index contributed by atoms with van der Waals surface area (Å²) in [5, 5.41) is 0.861. The highest BCUT2D eigenvalue weighted by molar-refractivity contribution is 7.47. The molecule has 0 spiro atoms. The summed E-state index contributed by atoms with van der Waals surface area (Å²) in [5.41, 5.74) is 2.50. The molecule has 2 fully saturated rings. The Kier molecular flexibility index (Phi) is 20.6. The molecule has 0 bridgehead atoms. The smallest absolute Gasteiger partial charge is 0.457 e. The van der Waals surface area contributed by atoms with Crippen molar-refractivity contribution in [3.8, 4) is 17.1 Å². The number of phosphoric acid groups is 1. The second kappa shape index (κ2) is 26.5. The molecule has 404 valence electrons. The summed E-state index contributed by atoms with van der Waals surface area (Å²) in [6.45, 7) is 8.65. The second-order valence-corrected chi connectivity index (χ2v) is 23.3. The molecule has 0 saturated carbocycles. The lowest BCUT2D eigenvalue weighted by Gasteiger charge is -2.39. The van der Waals surface area contributed by atoms with Crippen molar-refractivity contribution in [3.05, 3.63) is 56.9 Å². The maximum absolute atomic E-state index is 14.3. The number of unbranched alkanes of at least 4 members (excludes halogenated alkanes) is 14. The summed E-state index contributed by atoms with van der Waals surface area (Å²) in [6.07, 6.45) is 22.5. The summed E-state index contributed by atoms with van der Waals surface area (Å²) in [6, 6.07) is 7.86. The van der Waals surface area contributed by atoms with Crippen LogP contribution in [0.4, 0.5) is 4.79 Å². The lowest BCUT2D eigenvalue weighted by Crippen LogP contribution is -2.48.